The van der Waals surface area contributed by atoms with Crippen LogP contribution in [0.25, 0.3) is 0 Å². The van der Waals surface area contributed by atoms with E-state index in [0.29, 0.717) is 5.75 Å². The minimum Gasteiger partial charge on any atom is -0.495 e. The van der Waals surface area contributed by atoms with E-state index in [4.69, 9.17) is 9.84 Å². The molecular weight excluding hydrogens is 258 g/mol. The summed E-state index contributed by atoms with van der Waals surface area (Å²) in [6.45, 7) is 2.94. The summed E-state index contributed by atoms with van der Waals surface area (Å²) < 4.78 is 30.7. The summed E-state index contributed by atoms with van der Waals surface area (Å²) >= 11 is 0. The number of benzene rings is 1. The Morgan fingerprint density at radius 2 is 2.06 bits per heavy atom. The van der Waals surface area contributed by atoms with Crippen LogP contribution in [-0.2, 0) is 14.8 Å². The van der Waals surface area contributed by atoms with Crippen LogP contribution in [0.5, 0.6) is 5.75 Å². The molecule has 0 aromatic heterocycles. The van der Waals surface area contributed by atoms with Gasteiger partial charge in [-0.25, -0.2) is 8.42 Å². The van der Waals surface area contributed by atoms with Gasteiger partial charge in [-0.15, -0.1) is 0 Å². The molecule has 0 aliphatic rings. The molecule has 1 rings (SSSR count). The minimum absolute atomic E-state index is 0.219. The Kier molecular flexibility index (Phi) is 4.18. The summed E-state index contributed by atoms with van der Waals surface area (Å²) in [6.07, 6.45) is 0. The summed E-state index contributed by atoms with van der Waals surface area (Å²) in [5, 5.41) is 7.18. The molecule has 0 fully saturated rings. The van der Waals surface area contributed by atoms with E-state index in [-0.39, 0.29) is 5.69 Å². The maximum absolute atomic E-state index is 11.7. The highest BCUT2D eigenvalue weighted by molar-refractivity contribution is 7.94. The summed E-state index contributed by atoms with van der Waals surface area (Å²) in [4.78, 5) is 10.7. The third-order valence-corrected chi connectivity index (χ3v) is 4.06. The smallest absolute Gasteiger partial charge is 0.323 e. The van der Waals surface area contributed by atoms with Crippen LogP contribution < -0.4 is 9.46 Å². The van der Waals surface area contributed by atoms with Gasteiger partial charge in [-0.1, -0.05) is 6.07 Å². The average Bonchev–Trinajstić information content (AvgIpc) is 2.30. The van der Waals surface area contributed by atoms with Gasteiger partial charge in [0, 0.05) is 0 Å². The number of nitrogens with one attached hydrogen (secondary N) is 1. The molecule has 0 aliphatic carbocycles. The van der Waals surface area contributed by atoms with Gasteiger partial charge >= 0.3 is 5.97 Å². The summed E-state index contributed by atoms with van der Waals surface area (Å²) in [6, 6.07) is 4.88. The Bertz CT molecular complexity index is 553. The molecule has 7 heteroatoms. The lowest BCUT2D eigenvalue weighted by atomic mass is 10.2. The van der Waals surface area contributed by atoms with Gasteiger partial charge < -0.3 is 9.84 Å². The average molecular weight is 273 g/mol. The quantitative estimate of drug-likeness (QED) is 0.841. The van der Waals surface area contributed by atoms with E-state index in [1.165, 1.54) is 13.2 Å². The van der Waals surface area contributed by atoms with Crippen LogP contribution in [0, 0.1) is 6.92 Å². The van der Waals surface area contributed by atoms with Gasteiger partial charge in [0.25, 0.3) is 0 Å². The zero-order valence-corrected chi connectivity index (χ0v) is 11.1. The molecule has 6 nitrogen and oxygen atoms in total. The van der Waals surface area contributed by atoms with Crippen LogP contribution in [0.1, 0.15) is 12.5 Å². The molecule has 0 heterocycles. The van der Waals surface area contributed by atoms with Gasteiger partial charge in [0.1, 0.15) is 5.75 Å². The first kappa shape index (κ1) is 14.3. The van der Waals surface area contributed by atoms with Crippen molar-refractivity contribution in [1.82, 2.24) is 0 Å². The second kappa shape index (κ2) is 5.26. The molecule has 18 heavy (non-hydrogen) atoms. The maximum Gasteiger partial charge on any atom is 0.323 e. The summed E-state index contributed by atoms with van der Waals surface area (Å²) in [5.41, 5.74) is 1.12. The lowest BCUT2D eigenvalue weighted by molar-refractivity contribution is -0.136. The Labute approximate surface area is 106 Å². The molecule has 0 saturated heterocycles. The van der Waals surface area contributed by atoms with Crippen molar-refractivity contribution in [2.24, 2.45) is 0 Å². The molecule has 0 amide bonds. The van der Waals surface area contributed by atoms with E-state index in [2.05, 4.69) is 4.72 Å². The molecule has 100 valence electrons. The van der Waals surface area contributed by atoms with Gasteiger partial charge in [-0.05, 0) is 31.5 Å². The van der Waals surface area contributed by atoms with Crippen molar-refractivity contribution < 1.29 is 23.1 Å². The highest BCUT2D eigenvalue weighted by Gasteiger charge is 2.28. The van der Waals surface area contributed by atoms with Crippen molar-refractivity contribution in [3.05, 3.63) is 23.8 Å². The van der Waals surface area contributed by atoms with Crippen LogP contribution in [0.3, 0.4) is 0 Å². The second-order valence-electron chi connectivity index (χ2n) is 3.83. The van der Waals surface area contributed by atoms with E-state index in [1.807, 2.05) is 6.92 Å². The molecule has 0 bridgehead atoms. The van der Waals surface area contributed by atoms with Crippen molar-refractivity contribution in [2.75, 3.05) is 11.8 Å². The predicted molar refractivity (Wildman–Crippen MR) is 67.4 cm³/mol. The third kappa shape index (κ3) is 3.13. The molecular formula is C11H15NO5S. The van der Waals surface area contributed by atoms with Crippen molar-refractivity contribution in [3.63, 3.8) is 0 Å². The molecule has 1 unspecified atom stereocenters. The van der Waals surface area contributed by atoms with Crippen LogP contribution >= 0.6 is 0 Å². The lowest BCUT2D eigenvalue weighted by Gasteiger charge is -2.14. The van der Waals surface area contributed by atoms with Gasteiger partial charge in [0.05, 0.1) is 12.8 Å². The first-order valence-corrected chi connectivity index (χ1v) is 6.71. The van der Waals surface area contributed by atoms with E-state index in [1.54, 1.807) is 12.1 Å². The number of sulfonamides is 1. The summed E-state index contributed by atoms with van der Waals surface area (Å²) in [7, 11) is -2.58. The van der Waals surface area contributed by atoms with Crippen LogP contribution in [0.15, 0.2) is 18.2 Å². The number of ether oxygens (including phenoxy) is 1. The number of carboxylic acids is 1. The minimum atomic E-state index is -3.99. The van der Waals surface area contributed by atoms with Crippen LogP contribution in [0.4, 0.5) is 5.69 Å². The highest BCUT2D eigenvalue weighted by atomic mass is 32.2. The van der Waals surface area contributed by atoms with Crippen molar-refractivity contribution in [1.29, 1.82) is 0 Å². The number of carboxylic acid groups (broad SMARTS) is 1. The van der Waals surface area contributed by atoms with E-state index >= 15 is 0 Å². The largest absolute Gasteiger partial charge is 0.495 e. The Balaban J connectivity index is 3.08. The molecule has 1 aromatic carbocycles. The predicted octanol–water partition coefficient (Wildman–Crippen LogP) is 1.22. The molecule has 0 spiro atoms. The molecule has 1 atom stereocenters. The number of methoxy groups -OCH3 is 1. The molecule has 2 N–H and O–H groups in total. The third-order valence-electron chi connectivity index (χ3n) is 2.42. The number of hydrogen-bond acceptors (Lipinski definition) is 4. The number of carbonyl (C=O) groups is 1. The number of aryl methyl sites for hydroxylation is 1. The molecule has 0 radical (unpaired) electrons. The Morgan fingerprint density at radius 1 is 1.44 bits per heavy atom. The van der Waals surface area contributed by atoms with Gasteiger partial charge in [-0.2, -0.15) is 0 Å². The SMILES string of the molecule is COc1cc(C)ccc1NS(=O)(=O)C(C)C(=O)O. The fraction of sp³-hybridized carbons (Fsp3) is 0.364. The number of aliphatic carboxylic acids is 1. The molecule has 0 saturated carbocycles. The van der Waals surface area contributed by atoms with Crippen molar-refractivity contribution >= 4 is 21.7 Å². The normalized spacial score (nSPS) is 12.8. The zero-order valence-electron chi connectivity index (χ0n) is 10.3. The lowest BCUT2D eigenvalue weighted by Crippen LogP contribution is -2.32. The molecule has 0 aliphatic heterocycles. The number of hydrogen-bond donors (Lipinski definition) is 2. The highest BCUT2D eigenvalue weighted by Crippen LogP contribution is 2.26. The topological polar surface area (TPSA) is 92.7 Å². The first-order valence-electron chi connectivity index (χ1n) is 5.17. The van der Waals surface area contributed by atoms with E-state index in [0.717, 1.165) is 12.5 Å². The van der Waals surface area contributed by atoms with Gasteiger partial charge in [0.15, 0.2) is 5.25 Å². The van der Waals surface area contributed by atoms with Crippen molar-refractivity contribution in [3.8, 4) is 5.75 Å². The van der Waals surface area contributed by atoms with Crippen LogP contribution in [-0.4, -0.2) is 31.9 Å². The zero-order chi connectivity index (χ0) is 13.9. The fourth-order valence-electron chi connectivity index (χ4n) is 1.26. The Hall–Kier alpha value is -1.76. The van der Waals surface area contributed by atoms with Gasteiger partial charge in [0.2, 0.25) is 10.0 Å². The van der Waals surface area contributed by atoms with E-state index in [9.17, 15) is 13.2 Å². The first-order chi connectivity index (χ1) is 8.27. The van der Waals surface area contributed by atoms with Crippen molar-refractivity contribution in [2.45, 2.75) is 19.1 Å². The molecule has 1 aromatic rings. The monoisotopic (exact) mass is 273 g/mol. The standard InChI is InChI=1S/C11H15NO5S/c1-7-4-5-9(10(6-7)17-3)12-18(15,16)8(2)11(13)14/h4-6,8,12H,1-3H3,(H,13,14). The van der Waals surface area contributed by atoms with Crippen LogP contribution in [0.2, 0.25) is 0 Å². The second-order valence-corrected chi connectivity index (χ2v) is 5.83. The fourth-order valence-corrected chi connectivity index (χ4v) is 2.17. The maximum atomic E-state index is 11.7. The summed E-state index contributed by atoms with van der Waals surface area (Å²) in [5.74, 6) is -1.07. The van der Waals surface area contributed by atoms with E-state index < -0.39 is 21.2 Å². The van der Waals surface area contributed by atoms with Gasteiger partial charge in [-0.3, -0.25) is 9.52 Å². The Morgan fingerprint density at radius 3 is 2.56 bits per heavy atom. The number of rotatable bonds is 5. The number of anilines is 1.